The number of halogens is 1. The standard InChI is InChI=1S/C15H17ClN6O2/c1-11-8-12(16)2-3-13(11)15(24)21-6-4-20(5-7-21)14(23)9-22-10-17-18-19-22/h2-3,8,10H,4-7,9H2,1H3. The van der Waals surface area contributed by atoms with Crippen LogP contribution in [0.3, 0.4) is 0 Å². The predicted octanol–water partition coefficient (Wildman–Crippen LogP) is 0.620. The zero-order valence-electron chi connectivity index (χ0n) is 13.2. The van der Waals surface area contributed by atoms with Crippen LogP contribution < -0.4 is 0 Å². The highest BCUT2D eigenvalue weighted by molar-refractivity contribution is 6.30. The number of tetrazole rings is 1. The van der Waals surface area contributed by atoms with E-state index in [9.17, 15) is 9.59 Å². The number of aromatic nitrogens is 4. The Labute approximate surface area is 144 Å². The molecule has 1 saturated heterocycles. The number of piperazine rings is 1. The van der Waals surface area contributed by atoms with Gasteiger partial charge in [0.2, 0.25) is 5.91 Å². The Morgan fingerprint density at radius 1 is 1.17 bits per heavy atom. The summed E-state index contributed by atoms with van der Waals surface area (Å²) in [5.74, 6) is -0.0891. The fraction of sp³-hybridized carbons (Fsp3) is 0.400. The van der Waals surface area contributed by atoms with Gasteiger partial charge in [-0.1, -0.05) is 11.6 Å². The molecule has 126 valence electrons. The Morgan fingerprint density at radius 3 is 2.50 bits per heavy atom. The molecule has 3 rings (SSSR count). The molecule has 1 fully saturated rings. The second kappa shape index (κ2) is 6.96. The number of rotatable bonds is 3. The molecule has 2 heterocycles. The minimum Gasteiger partial charge on any atom is -0.338 e. The van der Waals surface area contributed by atoms with E-state index in [1.54, 1.807) is 28.0 Å². The van der Waals surface area contributed by atoms with Crippen molar-refractivity contribution in [2.75, 3.05) is 26.2 Å². The molecule has 0 saturated carbocycles. The fourth-order valence-electron chi connectivity index (χ4n) is 2.69. The summed E-state index contributed by atoms with van der Waals surface area (Å²) in [6.45, 7) is 3.98. The number of hydrogen-bond acceptors (Lipinski definition) is 5. The smallest absolute Gasteiger partial charge is 0.254 e. The predicted molar refractivity (Wildman–Crippen MR) is 86.5 cm³/mol. The molecule has 2 aromatic rings. The van der Waals surface area contributed by atoms with Crippen LogP contribution in [0.4, 0.5) is 0 Å². The van der Waals surface area contributed by atoms with Crippen LogP contribution in [0.5, 0.6) is 0 Å². The van der Waals surface area contributed by atoms with Crippen molar-refractivity contribution in [3.8, 4) is 0 Å². The number of carbonyl (C=O) groups is 2. The van der Waals surface area contributed by atoms with Crippen molar-refractivity contribution in [3.05, 3.63) is 40.7 Å². The summed E-state index contributed by atoms with van der Waals surface area (Å²) >= 11 is 5.93. The minimum absolute atomic E-state index is 0.0308. The van der Waals surface area contributed by atoms with E-state index in [4.69, 9.17) is 11.6 Å². The largest absolute Gasteiger partial charge is 0.338 e. The van der Waals surface area contributed by atoms with Gasteiger partial charge < -0.3 is 9.80 Å². The normalized spacial score (nSPS) is 14.8. The number of carbonyl (C=O) groups excluding carboxylic acids is 2. The lowest BCUT2D eigenvalue weighted by Crippen LogP contribution is -2.51. The Kier molecular flexibility index (Phi) is 4.75. The lowest BCUT2D eigenvalue weighted by Gasteiger charge is -2.35. The van der Waals surface area contributed by atoms with Crippen LogP contribution in [0.15, 0.2) is 24.5 Å². The van der Waals surface area contributed by atoms with Crippen molar-refractivity contribution in [1.29, 1.82) is 0 Å². The number of aryl methyl sites for hydroxylation is 1. The Morgan fingerprint density at radius 2 is 1.88 bits per heavy atom. The van der Waals surface area contributed by atoms with Gasteiger partial charge in [0.15, 0.2) is 0 Å². The molecule has 1 aliphatic heterocycles. The van der Waals surface area contributed by atoms with Crippen molar-refractivity contribution < 1.29 is 9.59 Å². The first-order chi connectivity index (χ1) is 11.5. The monoisotopic (exact) mass is 348 g/mol. The summed E-state index contributed by atoms with van der Waals surface area (Å²) in [6.07, 6.45) is 1.40. The zero-order chi connectivity index (χ0) is 17.1. The highest BCUT2D eigenvalue weighted by atomic mass is 35.5. The van der Waals surface area contributed by atoms with Crippen LogP contribution in [0, 0.1) is 6.92 Å². The fourth-order valence-corrected chi connectivity index (χ4v) is 2.91. The average Bonchev–Trinajstić information content (AvgIpc) is 3.07. The van der Waals surface area contributed by atoms with Crippen LogP contribution in [0.25, 0.3) is 0 Å². The van der Waals surface area contributed by atoms with Crippen LogP contribution in [0.1, 0.15) is 15.9 Å². The maximum Gasteiger partial charge on any atom is 0.254 e. The van der Waals surface area contributed by atoms with Crippen LogP contribution in [0.2, 0.25) is 5.02 Å². The van der Waals surface area contributed by atoms with E-state index in [0.717, 1.165) is 5.56 Å². The molecular formula is C15H17ClN6O2. The Bertz CT molecular complexity index is 740. The van der Waals surface area contributed by atoms with E-state index >= 15 is 0 Å². The summed E-state index contributed by atoms with van der Waals surface area (Å²) in [7, 11) is 0. The molecule has 0 radical (unpaired) electrons. The first-order valence-electron chi connectivity index (χ1n) is 7.58. The van der Waals surface area contributed by atoms with E-state index in [0.29, 0.717) is 36.8 Å². The first-order valence-corrected chi connectivity index (χ1v) is 7.96. The quantitative estimate of drug-likeness (QED) is 0.811. The lowest BCUT2D eigenvalue weighted by molar-refractivity contribution is -0.133. The van der Waals surface area contributed by atoms with Gasteiger partial charge in [0, 0.05) is 36.8 Å². The van der Waals surface area contributed by atoms with Crippen molar-refractivity contribution in [1.82, 2.24) is 30.0 Å². The van der Waals surface area contributed by atoms with Crippen LogP contribution in [-0.2, 0) is 11.3 Å². The van der Waals surface area contributed by atoms with Gasteiger partial charge in [-0.2, -0.15) is 0 Å². The van der Waals surface area contributed by atoms with Gasteiger partial charge in [0.1, 0.15) is 12.9 Å². The molecular weight excluding hydrogens is 332 g/mol. The maximum atomic E-state index is 12.6. The molecule has 1 aromatic heterocycles. The summed E-state index contributed by atoms with van der Waals surface area (Å²) < 4.78 is 1.39. The van der Waals surface area contributed by atoms with Crippen molar-refractivity contribution >= 4 is 23.4 Å². The highest BCUT2D eigenvalue weighted by Crippen LogP contribution is 2.18. The maximum absolute atomic E-state index is 12.6. The molecule has 0 spiro atoms. The highest BCUT2D eigenvalue weighted by Gasteiger charge is 2.25. The van der Waals surface area contributed by atoms with Crippen LogP contribution in [-0.4, -0.2) is 68.0 Å². The zero-order valence-corrected chi connectivity index (χ0v) is 14.0. The topological polar surface area (TPSA) is 84.2 Å². The van der Waals surface area contributed by atoms with Gasteiger partial charge in [-0.25, -0.2) is 4.68 Å². The summed E-state index contributed by atoms with van der Waals surface area (Å²) in [5.41, 5.74) is 1.50. The van der Waals surface area contributed by atoms with E-state index in [2.05, 4.69) is 15.5 Å². The SMILES string of the molecule is Cc1cc(Cl)ccc1C(=O)N1CCN(C(=O)Cn2cnnn2)CC1. The van der Waals surface area contributed by atoms with E-state index in [-0.39, 0.29) is 18.4 Å². The Hall–Kier alpha value is -2.48. The molecule has 0 unspecified atom stereocenters. The molecule has 9 heteroatoms. The third-order valence-corrected chi connectivity index (χ3v) is 4.26. The molecule has 24 heavy (non-hydrogen) atoms. The molecule has 0 bridgehead atoms. The van der Waals surface area contributed by atoms with Gasteiger partial charge in [-0.3, -0.25) is 9.59 Å². The Balaban J connectivity index is 1.58. The van der Waals surface area contributed by atoms with Gasteiger partial charge in [-0.15, -0.1) is 5.10 Å². The number of benzene rings is 1. The van der Waals surface area contributed by atoms with Gasteiger partial charge in [-0.05, 0) is 41.1 Å². The molecule has 0 atom stereocenters. The minimum atomic E-state index is -0.0583. The van der Waals surface area contributed by atoms with E-state index in [1.807, 2.05) is 6.92 Å². The molecule has 0 aliphatic carbocycles. The van der Waals surface area contributed by atoms with Crippen molar-refractivity contribution in [2.45, 2.75) is 13.5 Å². The molecule has 1 aromatic carbocycles. The van der Waals surface area contributed by atoms with Crippen molar-refractivity contribution in [2.24, 2.45) is 0 Å². The second-order valence-corrected chi connectivity index (χ2v) is 6.08. The van der Waals surface area contributed by atoms with Crippen molar-refractivity contribution in [3.63, 3.8) is 0 Å². The summed E-state index contributed by atoms with van der Waals surface area (Å²) in [6, 6.07) is 5.24. The molecule has 0 N–H and O–H groups in total. The number of nitrogens with zero attached hydrogens (tertiary/aromatic N) is 6. The molecule has 1 aliphatic rings. The number of hydrogen-bond donors (Lipinski definition) is 0. The third-order valence-electron chi connectivity index (χ3n) is 4.03. The second-order valence-electron chi connectivity index (χ2n) is 5.64. The third kappa shape index (κ3) is 3.53. The summed E-state index contributed by atoms with van der Waals surface area (Å²) in [4.78, 5) is 28.3. The van der Waals surface area contributed by atoms with Gasteiger partial charge >= 0.3 is 0 Å². The summed E-state index contributed by atoms with van der Waals surface area (Å²) in [5, 5.41) is 11.3. The lowest BCUT2D eigenvalue weighted by atomic mass is 10.1. The van der Waals surface area contributed by atoms with Crippen LogP contribution >= 0.6 is 11.6 Å². The average molecular weight is 349 g/mol. The molecule has 2 amide bonds. The van der Waals surface area contributed by atoms with Gasteiger partial charge in [0.25, 0.3) is 5.91 Å². The first kappa shape index (κ1) is 16.4. The number of amides is 2. The van der Waals surface area contributed by atoms with E-state index < -0.39 is 0 Å². The molecule has 8 nitrogen and oxygen atoms in total. The van der Waals surface area contributed by atoms with Gasteiger partial charge in [0.05, 0.1) is 0 Å². The van der Waals surface area contributed by atoms with E-state index in [1.165, 1.54) is 11.0 Å².